The van der Waals surface area contributed by atoms with Crippen LogP contribution in [0, 0.1) is 0 Å². The van der Waals surface area contributed by atoms with Crippen LogP contribution < -0.4 is 9.47 Å². The monoisotopic (exact) mass is 224 g/mol. The summed E-state index contributed by atoms with van der Waals surface area (Å²) in [6, 6.07) is 4.48. The first-order chi connectivity index (χ1) is 7.67. The van der Waals surface area contributed by atoms with E-state index >= 15 is 0 Å². The highest BCUT2D eigenvalue weighted by atomic mass is 16.5. The number of ether oxygens (including phenoxy) is 2. The maximum absolute atomic E-state index is 11.2. The molecule has 0 unspecified atom stereocenters. The Bertz CT molecular complexity index is 360. The molecule has 0 heterocycles. The van der Waals surface area contributed by atoms with Crippen molar-refractivity contribution in [3.05, 3.63) is 18.2 Å². The first-order valence-corrected chi connectivity index (χ1v) is 5.33. The molecule has 0 radical (unpaired) electrons. The molecule has 88 valence electrons. The lowest BCUT2D eigenvalue weighted by Gasteiger charge is -2.08. The number of rotatable bonds is 5. The van der Waals surface area contributed by atoms with Crippen LogP contribution in [0.3, 0.4) is 0 Å². The third kappa shape index (κ3) is 3.46. The van der Waals surface area contributed by atoms with E-state index in [0.717, 1.165) is 6.42 Å². The highest BCUT2D eigenvalue weighted by Crippen LogP contribution is 2.30. The van der Waals surface area contributed by atoms with Crippen LogP contribution in [0.1, 0.15) is 26.7 Å². The van der Waals surface area contributed by atoms with E-state index in [0.29, 0.717) is 24.5 Å². The van der Waals surface area contributed by atoms with E-state index in [4.69, 9.17) is 9.47 Å². The van der Waals surface area contributed by atoms with Gasteiger partial charge < -0.3 is 14.6 Å². The van der Waals surface area contributed by atoms with Crippen molar-refractivity contribution in [2.75, 3.05) is 6.61 Å². The molecule has 16 heavy (non-hydrogen) atoms. The minimum atomic E-state index is -0.282. The van der Waals surface area contributed by atoms with Crippen LogP contribution >= 0.6 is 0 Å². The van der Waals surface area contributed by atoms with Crippen LogP contribution in [-0.4, -0.2) is 17.7 Å². The zero-order chi connectivity index (χ0) is 12.0. The summed E-state index contributed by atoms with van der Waals surface area (Å²) in [5, 5.41) is 9.44. The lowest BCUT2D eigenvalue weighted by molar-refractivity contribution is -0.134. The molecule has 0 spiro atoms. The first-order valence-electron chi connectivity index (χ1n) is 5.33. The smallest absolute Gasteiger partial charge is 0.311 e. The third-order valence-electron chi connectivity index (χ3n) is 1.92. The lowest BCUT2D eigenvalue weighted by atomic mass is 10.3. The van der Waals surface area contributed by atoms with E-state index < -0.39 is 0 Å². The van der Waals surface area contributed by atoms with Crippen molar-refractivity contribution in [3.63, 3.8) is 0 Å². The Morgan fingerprint density at radius 1 is 1.38 bits per heavy atom. The van der Waals surface area contributed by atoms with E-state index in [1.807, 2.05) is 13.8 Å². The van der Waals surface area contributed by atoms with Crippen LogP contribution in [0.25, 0.3) is 0 Å². The Morgan fingerprint density at radius 2 is 2.12 bits per heavy atom. The van der Waals surface area contributed by atoms with Crippen molar-refractivity contribution >= 4 is 5.97 Å². The number of esters is 1. The van der Waals surface area contributed by atoms with Crippen molar-refractivity contribution in [2.24, 2.45) is 0 Å². The number of hydrogen-bond acceptors (Lipinski definition) is 4. The molecule has 0 atom stereocenters. The number of carbonyl (C=O) groups excluding carboxylic acids is 1. The Labute approximate surface area is 94.8 Å². The number of hydrogen-bond donors (Lipinski definition) is 1. The van der Waals surface area contributed by atoms with Gasteiger partial charge >= 0.3 is 5.97 Å². The normalized spacial score (nSPS) is 9.88. The van der Waals surface area contributed by atoms with Gasteiger partial charge in [0.2, 0.25) is 0 Å². The van der Waals surface area contributed by atoms with E-state index in [1.165, 1.54) is 18.2 Å². The second kappa shape index (κ2) is 6.00. The van der Waals surface area contributed by atoms with Gasteiger partial charge in [0, 0.05) is 12.5 Å². The number of aromatic hydroxyl groups is 1. The minimum Gasteiger partial charge on any atom is -0.504 e. The molecule has 1 aromatic rings. The molecule has 0 aliphatic carbocycles. The molecule has 0 aliphatic heterocycles. The molecule has 0 aromatic heterocycles. The predicted molar refractivity (Wildman–Crippen MR) is 59.8 cm³/mol. The second-order valence-corrected chi connectivity index (χ2v) is 3.29. The van der Waals surface area contributed by atoms with E-state index in [-0.39, 0.29) is 11.7 Å². The Kier molecular flexibility index (Phi) is 4.64. The van der Waals surface area contributed by atoms with Crippen LogP contribution in [0.15, 0.2) is 18.2 Å². The predicted octanol–water partition coefficient (Wildman–Crippen LogP) is 2.50. The van der Waals surface area contributed by atoms with Crippen molar-refractivity contribution in [3.8, 4) is 17.2 Å². The van der Waals surface area contributed by atoms with Crippen LogP contribution in [0.4, 0.5) is 0 Å². The zero-order valence-corrected chi connectivity index (χ0v) is 9.53. The van der Waals surface area contributed by atoms with Crippen LogP contribution in [0.5, 0.6) is 17.2 Å². The van der Waals surface area contributed by atoms with E-state index in [9.17, 15) is 9.90 Å². The summed E-state index contributed by atoms with van der Waals surface area (Å²) in [5.74, 6) is 0.469. The Morgan fingerprint density at radius 3 is 2.75 bits per heavy atom. The molecular formula is C12H16O4. The highest BCUT2D eigenvalue weighted by Gasteiger charge is 2.07. The molecule has 0 saturated carbocycles. The fourth-order valence-corrected chi connectivity index (χ4v) is 1.22. The Balaban J connectivity index is 2.74. The number of carbonyl (C=O) groups is 1. The van der Waals surface area contributed by atoms with Crippen molar-refractivity contribution in [1.82, 2.24) is 0 Å². The lowest BCUT2D eigenvalue weighted by Crippen LogP contribution is -2.06. The summed E-state index contributed by atoms with van der Waals surface area (Å²) < 4.78 is 10.2. The summed E-state index contributed by atoms with van der Waals surface area (Å²) >= 11 is 0. The first kappa shape index (κ1) is 12.4. The quantitative estimate of drug-likeness (QED) is 0.616. The van der Waals surface area contributed by atoms with E-state index in [1.54, 1.807) is 0 Å². The average Bonchev–Trinajstić information content (AvgIpc) is 2.24. The molecule has 0 bridgehead atoms. The summed E-state index contributed by atoms with van der Waals surface area (Å²) in [6.07, 6.45) is 1.13. The minimum absolute atomic E-state index is 0.0390. The zero-order valence-electron chi connectivity index (χ0n) is 9.53. The molecule has 1 rings (SSSR count). The van der Waals surface area contributed by atoms with Gasteiger partial charge in [-0.2, -0.15) is 0 Å². The van der Waals surface area contributed by atoms with Crippen molar-refractivity contribution in [2.45, 2.75) is 26.7 Å². The number of phenolic OH excluding ortho intramolecular Hbond substituents is 1. The summed E-state index contributed by atoms with van der Waals surface area (Å²) in [7, 11) is 0. The topological polar surface area (TPSA) is 55.8 Å². The van der Waals surface area contributed by atoms with Gasteiger partial charge in [-0.25, -0.2) is 0 Å². The molecule has 1 aromatic carbocycles. The molecule has 0 saturated heterocycles. The third-order valence-corrected chi connectivity index (χ3v) is 1.92. The second-order valence-electron chi connectivity index (χ2n) is 3.29. The summed E-state index contributed by atoms with van der Waals surface area (Å²) in [4.78, 5) is 11.2. The van der Waals surface area contributed by atoms with Gasteiger partial charge in [0.25, 0.3) is 0 Å². The van der Waals surface area contributed by atoms with Crippen molar-refractivity contribution < 1.29 is 19.4 Å². The molecule has 0 amide bonds. The highest BCUT2D eigenvalue weighted by molar-refractivity contribution is 5.72. The molecule has 4 nitrogen and oxygen atoms in total. The standard InChI is InChI=1S/C12H16O4/c1-3-5-12(14)16-9-6-7-10(13)11(8-9)15-4-2/h6-8,13H,3-5H2,1-2H3. The Hall–Kier alpha value is -1.71. The average molecular weight is 224 g/mol. The van der Waals surface area contributed by atoms with Gasteiger partial charge in [-0.3, -0.25) is 4.79 Å². The van der Waals surface area contributed by atoms with Gasteiger partial charge in [0.1, 0.15) is 5.75 Å². The fraction of sp³-hybridized carbons (Fsp3) is 0.417. The van der Waals surface area contributed by atoms with Crippen LogP contribution in [-0.2, 0) is 4.79 Å². The van der Waals surface area contributed by atoms with Gasteiger partial charge in [0.05, 0.1) is 6.61 Å². The molecule has 0 fully saturated rings. The fourth-order valence-electron chi connectivity index (χ4n) is 1.22. The van der Waals surface area contributed by atoms with Gasteiger partial charge in [-0.05, 0) is 25.5 Å². The number of benzene rings is 1. The summed E-state index contributed by atoms with van der Waals surface area (Å²) in [6.45, 7) is 4.17. The molecule has 0 aliphatic rings. The largest absolute Gasteiger partial charge is 0.504 e. The van der Waals surface area contributed by atoms with Crippen molar-refractivity contribution in [1.29, 1.82) is 0 Å². The van der Waals surface area contributed by atoms with Gasteiger partial charge in [-0.1, -0.05) is 6.92 Å². The van der Waals surface area contributed by atoms with E-state index in [2.05, 4.69) is 0 Å². The molecule has 1 N–H and O–H groups in total. The number of phenols is 1. The molecule has 4 heteroatoms. The maximum atomic E-state index is 11.2. The SMILES string of the molecule is CCCC(=O)Oc1ccc(O)c(OCC)c1. The van der Waals surface area contributed by atoms with Gasteiger partial charge in [-0.15, -0.1) is 0 Å². The maximum Gasteiger partial charge on any atom is 0.311 e. The summed E-state index contributed by atoms with van der Waals surface area (Å²) in [5.41, 5.74) is 0. The molecular weight excluding hydrogens is 208 g/mol. The van der Waals surface area contributed by atoms with Gasteiger partial charge in [0.15, 0.2) is 11.5 Å². The van der Waals surface area contributed by atoms with Crippen LogP contribution in [0.2, 0.25) is 0 Å².